The Balaban J connectivity index is 2.36. The lowest BCUT2D eigenvalue weighted by Gasteiger charge is -2.12. The van der Waals surface area contributed by atoms with Gasteiger partial charge in [0.15, 0.2) is 11.5 Å². The first-order valence-electron chi connectivity index (χ1n) is 7.99. The summed E-state index contributed by atoms with van der Waals surface area (Å²) in [4.78, 5) is 12.5. The molecule has 1 N–H and O–H groups in total. The van der Waals surface area contributed by atoms with Crippen LogP contribution in [0.3, 0.4) is 0 Å². The quantitative estimate of drug-likeness (QED) is 0.595. The van der Waals surface area contributed by atoms with Gasteiger partial charge in [-0.1, -0.05) is 29.8 Å². The molecule has 0 aliphatic heterocycles. The summed E-state index contributed by atoms with van der Waals surface area (Å²) < 4.78 is 10.9. The highest BCUT2D eigenvalue weighted by Crippen LogP contribution is 2.32. The molecule has 2 rings (SSSR count). The van der Waals surface area contributed by atoms with Crippen molar-refractivity contribution in [3.63, 3.8) is 0 Å². The first kappa shape index (κ1) is 19.4. The first-order valence-corrected chi connectivity index (χ1v) is 8.37. The van der Waals surface area contributed by atoms with Gasteiger partial charge in [-0.05, 0) is 43.7 Å². The zero-order valence-electron chi connectivity index (χ0n) is 14.8. The van der Waals surface area contributed by atoms with Crippen LogP contribution in [0.15, 0.2) is 42.0 Å². The number of para-hydroxylation sites is 1. The molecule has 5 nitrogen and oxygen atoms in total. The summed E-state index contributed by atoms with van der Waals surface area (Å²) in [6.45, 7) is 4.18. The van der Waals surface area contributed by atoms with Crippen molar-refractivity contribution in [3.05, 3.63) is 58.1 Å². The van der Waals surface area contributed by atoms with E-state index in [2.05, 4.69) is 5.32 Å². The number of amides is 1. The number of hydrogen-bond acceptors (Lipinski definition) is 4. The lowest BCUT2D eigenvalue weighted by Crippen LogP contribution is -2.14. The third-order valence-electron chi connectivity index (χ3n) is 3.63. The predicted molar refractivity (Wildman–Crippen MR) is 103 cm³/mol. The second kappa shape index (κ2) is 8.93. The predicted octanol–water partition coefficient (Wildman–Crippen LogP) is 4.60. The van der Waals surface area contributed by atoms with Gasteiger partial charge < -0.3 is 14.8 Å². The van der Waals surface area contributed by atoms with E-state index in [0.29, 0.717) is 34.4 Å². The van der Waals surface area contributed by atoms with Gasteiger partial charge in [-0.3, -0.25) is 4.79 Å². The van der Waals surface area contributed by atoms with Crippen molar-refractivity contribution in [1.29, 1.82) is 5.26 Å². The number of carbonyl (C=O) groups excluding carboxylic acids is 1. The molecule has 1 amide bonds. The molecule has 2 aromatic carbocycles. The summed E-state index contributed by atoms with van der Waals surface area (Å²) in [5, 5.41) is 12.6. The van der Waals surface area contributed by atoms with Gasteiger partial charge in [0.25, 0.3) is 5.91 Å². The lowest BCUT2D eigenvalue weighted by atomic mass is 10.1. The molecule has 0 aromatic heterocycles. The van der Waals surface area contributed by atoms with Gasteiger partial charge in [0, 0.05) is 16.3 Å². The number of anilines is 1. The highest BCUT2D eigenvalue weighted by atomic mass is 35.5. The lowest BCUT2D eigenvalue weighted by molar-refractivity contribution is -0.112. The molecular weight excluding hydrogens is 352 g/mol. The summed E-state index contributed by atoms with van der Waals surface area (Å²) in [5.74, 6) is 0.489. The van der Waals surface area contributed by atoms with Gasteiger partial charge in [-0.15, -0.1) is 0 Å². The topological polar surface area (TPSA) is 71.3 Å². The molecule has 0 spiro atoms. The Kier molecular flexibility index (Phi) is 6.65. The van der Waals surface area contributed by atoms with Crippen molar-refractivity contribution in [2.45, 2.75) is 13.8 Å². The Hall–Kier alpha value is -2.97. The van der Waals surface area contributed by atoms with Gasteiger partial charge in [-0.25, -0.2) is 0 Å². The maximum atomic E-state index is 12.5. The van der Waals surface area contributed by atoms with E-state index in [1.165, 1.54) is 13.2 Å². The molecule has 0 unspecified atom stereocenters. The van der Waals surface area contributed by atoms with Gasteiger partial charge in [0.1, 0.15) is 11.6 Å². The molecule has 6 heteroatoms. The zero-order chi connectivity index (χ0) is 19.1. The van der Waals surface area contributed by atoms with E-state index in [1.807, 2.05) is 19.9 Å². The van der Waals surface area contributed by atoms with Crippen LogP contribution in [0.1, 0.15) is 18.1 Å². The molecule has 0 fully saturated rings. The maximum Gasteiger partial charge on any atom is 0.266 e. The van der Waals surface area contributed by atoms with Crippen molar-refractivity contribution in [2.24, 2.45) is 0 Å². The van der Waals surface area contributed by atoms with Crippen LogP contribution >= 0.6 is 11.6 Å². The number of nitrogens with zero attached hydrogens (tertiary/aromatic N) is 1. The highest BCUT2D eigenvalue weighted by molar-refractivity contribution is 6.31. The van der Waals surface area contributed by atoms with Crippen LogP contribution in [0.2, 0.25) is 5.02 Å². The van der Waals surface area contributed by atoms with Crippen molar-refractivity contribution < 1.29 is 14.3 Å². The smallest absolute Gasteiger partial charge is 0.266 e. The Bertz CT molecular complexity index is 885. The van der Waals surface area contributed by atoms with Gasteiger partial charge in [-0.2, -0.15) is 5.26 Å². The molecule has 0 atom stereocenters. The minimum Gasteiger partial charge on any atom is -0.492 e. The number of aryl methyl sites for hydroxylation is 1. The molecule has 0 saturated heterocycles. The molecule has 26 heavy (non-hydrogen) atoms. The second-order valence-electron chi connectivity index (χ2n) is 5.39. The van der Waals surface area contributed by atoms with Crippen molar-refractivity contribution in [2.75, 3.05) is 19.0 Å². The first-order chi connectivity index (χ1) is 12.5. The van der Waals surface area contributed by atoms with Gasteiger partial charge in [0.2, 0.25) is 0 Å². The number of halogens is 1. The Morgan fingerprint density at radius 2 is 2.12 bits per heavy atom. The fraction of sp³-hybridized carbons (Fsp3) is 0.200. The largest absolute Gasteiger partial charge is 0.492 e. The molecular formula is C20H19ClN2O3. The van der Waals surface area contributed by atoms with Crippen LogP contribution in [0, 0.1) is 18.3 Å². The normalized spacial score (nSPS) is 10.8. The third kappa shape index (κ3) is 4.56. The number of carbonyl (C=O) groups is 1. The summed E-state index contributed by atoms with van der Waals surface area (Å²) in [6, 6.07) is 12.4. The minimum atomic E-state index is -0.526. The average Bonchev–Trinajstić information content (AvgIpc) is 2.63. The van der Waals surface area contributed by atoms with E-state index in [4.69, 9.17) is 21.1 Å². The SMILES string of the molecule is CCOc1cccc(/C=C(\C#N)C(=O)Nc2cc(Cl)ccc2C)c1OC. The fourth-order valence-electron chi connectivity index (χ4n) is 2.36. The van der Waals surface area contributed by atoms with Crippen LogP contribution in [0.5, 0.6) is 11.5 Å². The van der Waals surface area contributed by atoms with Crippen LogP contribution in [-0.4, -0.2) is 19.6 Å². The number of benzene rings is 2. The monoisotopic (exact) mass is 370 g/mol. The zero-order valence-corrected chi connectivity index (χ0v) is 15.6. The van der Waals surface area contributed by atoms with Gasteiger partial charge in [0.05, 0.1) is 13.7 Å². The summed E-state index contributed by atoms with van der Waals surface area (Å²) in [7, 11) is 1.51. The number of hydrogen-bond donors (Lipinski definition) is 1. The third-order valence-corrected chi connectivity index (χ3v) is 3.86. The maximum absolute atomic E-state index is 12.5. The van der Waals surface area contributed by atoms with E-state index in [9.17, 15) is 10.1 Å². The van der Waals surface area contributed by atoms with Crippen LogP contribution < -0.4 is 14.8 Å². The van der Waals surface area contributed by atoms with Crippen LogP contribution in [0.4, 0.5) is 5.69 Å². The van der Waals surface area contributed by atoms with Crippen molar-refractivity contribution >= 4 is 29.3 Å². The van der Waals surface area contributed by atoms with Crippen LogP contribution in [0.25, 0.3) is 6.08 Å². The number of nitrogens with one attached hydrogen (secondary N) is 1. The van der Waals surface area contributed by atoms with E-state index < -0.39 is 5.91 Å². The standard InChI is InChI=1S/C20H19ClN2O3/c1-4-26-18-7-5-6-14(19(18)25-3)10-15(12-22)20(24)23-17-11-16(21)9-8-13(17)2/h5-11H,4H2,1-3H3,(H,23,24)/b15-10+. The average molecular weight is 371 g/mol. The number of ether oxygens (including phenoxy) is 2. The molecule has 134 valence electrons. The van der Waals surface area contributed by atoms with Gasteiger partial charge >= 0.3 is 0 Å². The molecule has 0 heterocycles. The highest BCUT2D eigenvalue weighted by Gasteiger charge is 2.14. The summed E-state index contributed by atoms with van der Waals surface area (Å²) in [6.07, 6.45) is 1.47. The Labute approximate surface area is 157 Å². The minimum absolute atomic E-state index is 0.0590. The molecule has 0 aliphatic carbocycles. The van der Waals surface area contributed by atoms with E-state index >= 15 is 0 Å². The number of rotatable bonds is 6. The molecule has 0 radical (unpaired) electrons. The molecule has 0 aliphatic rings. The fourth-order valence-corrected chi connectivity index (χ4v) is 2.53. The molecule has 0 bridgehead atoms. The van der Waals surface area contributed by atoms with Crippen molar-refractivity contribution in [3.8, 4) is 17.6 Å². The summed E-state index contributed by atoms with van der Waals surface area (Å²) >= 11 is 5.97. The molecule has 2 aromatic rings. The summed E-state index contributed by atoms with van der Waals surface area (Å²) in [5.41, 5.74) is 1.92. The van der Waals surface area contributed by atoms with E-state index in [-0.39, 0.29) is 5.57 Å². The number of methoxy groups -OCH3 is 1. The van der Waals surface area contributed by atoms with E-state index in [1.54, 1.807) is 36.4 Å². The molecule has 0 saturated carbocycles. The van der Waals surface area contributed by atoms with Crippen molar-refractivity contribution in [1.82, 2.24) is 0 Å². The Morgan fingerprint density at radius 3 is 2.77 bits per heavy atom. The van der Waals surface area contributed by atoms with Crippen LogP contribution in [-0.2, 0) is 4.79 Å². The second-order valence-corrected chi connectivity index (χ2v) is 5.83. The number of nitriles is 1. The van der Waals surface area contributed by atoms with E-state index in [0.717, 1.165) is 5.56 Å². The Morgan fingerprint density at radius 1 is 1.35 bits per heavy atom.